The van der Waals surface area contributed by atoms with Crippen LogP contribution >= 0.6 is 11.8 Å². The second-order valence-electron chi connectivity index (χ2n) is 8.60. The molecule has 2 unspecified atom stereocenters. The fourth-order valence-corrected chi connectivity index (χ4v) is 4.67. The van der Waals surface area contributed by atoms with Crippen molar-refractivity contribution in [1.82, 2.24) is 0 Å². The fourth-order valence-electron chi connectivity index (χ4n) is 3.50. The van der Waals surface area contributed by atoms with Crippen LogP contribution in [-0.2, 0) is 9.53 Å². The summed E-state index contributed by atoms with van der Waals surface area (Å²) in [6, 6.07) is 0. The minimum atomic E-state index is -1.00. The molecule has 0 amide bonds. The van der Waals surface area contributed by atoms with E-state index in [4.69, 9.17) is 4.74 Å². The smallest absolute Gasteiger partial charge is 0.220 e. The summed E-state index contributed by atoms with van der Waals surface area (Å²) in [5.74, 6) is 1.39. The van der Waals surface area contributed by atoms with E-state index in [0.717, 1.165) is 18.6 Å². The Bertz CT molecular complexity index is 362. The normalized spacial score (nSPS) is 14.7. The zero-order valence-corrected chi connectivity index (χ0v) is 20.7. The second kappa shape index (κ2) is 21.2. The van der Waals surface area contributed by atoms with Crippen molar-refractivity contribution in [3.05, 3.63) is 0 Å². The molecule has 0 bridgehead atoms. The van der Waals surface area contributed by atoms with Gasteiger partial charge >= 0.3 is 0 Å². The van der Waals surface area contributed by atoms with E-state index in [2.05, 4.69) is 20.8 Å². The first-order valence-electron chi connectivity index (χ1n) is 12.5. The molecule has 0 saturated heterocycles. The summed E-state index contributed by atoms with van der Waals surface area (Å²) >= 11 is 1.29. The van der Waals surface area contributed by atoms with Gasteiger partial charge < -0.3 is 9.84 Å². The molecule has 0 radical (unpaired) electrons. The van der Waals surface area contributed by atoms with Crippen LogP contribution in [0.5, 0.6) is 0 Å². The van der Waals surface area contributed by atoms with Gasteiger partial charge in [0, 0.05) is 12.4 Å². The Kier molecular flexibility index (Phi) is 21.1. The molecular weight excluding hydrogens is 380 g/mol. The molecule has 3 atom stereocenters. The lowest BCUT2D eigenvalue weighted by molar-refractivity contribution is -0.125. The summed E-state index contributed by atoms with van der Waals surface area (Å²) in [7, 11) is 0. The Morgan fingerprint density at radius 2 is 1.34 bits per heavy atom. The standard InChI is InChI=1S/C25H50O3S/c1-5-8-10-11-12-13-14-15-16-17-18-20-28-22(4)24(26)25(27)29-21-23(7-3)19-9-6-2/h22-24,26H,5-21H2,1-4H3/t22?,23?,24-/m0/s1. The molecule has 0 aliphatic rings. The SMILES string of the molecule is CCCCCCCCCCCCCOC(C)[C@H](O)C(=O)SCC(CC)CCCC. The van der Waals surface area contributed by atoms with Crippen molar-refractivity contribution in [2.24, 2.45) is 5.92 Å². The van der Waals surface area contributed by atoms with Crippen molar-refractivity contribution in [2.75, 3.05) is 12.4 Å². The molecule has 4 heteroatoms. The highest BCUT2D eigenvalue weighted by Gasteiger charge is 2.24. The number of unbranched alkanes of at least 4 members (excludes halogenated alkanes) is 11. The zero-order chi connectivity index (χ0) is 21.7. The third-order valence-corrected chi connectivity index (χ3v) is 6.98. The first-order valence-corrected chi connectivity index (χ1v) is 13.5. The lowest BCUT2D eigenvalue weighted by Gasteiger charge is -2.19. The van der Waals surface area contributed by atoms with Crippen LogP contribution in [0.25, 0.3) is 0 Å². The van der Waals surface area contributed by atoms with Gasteiger partial charge in [0.15, 0.2) is 0 Å². The Morgan fingerprint density at radius 1 is 0.828 bits per heavy atom. The number of hydrogen-bond acceptors (Lipinski definition) is 4. The molecule has 0 aromatic carbocycles. The van der Waals surface area contributed by atoms with E-state index < -0.39 is 12.2 Å². The average Bonchev–Trinajstić information content (AvgIpc) is 2.73. The summed E-state index contributed by atoms with van der Waals surface area (Å²) in [6.45, 7) is 9.10. The number of ether oxygens (including phenoxy) is 1. The van der Waals surface area contributed by atoms with Crippen molar-refractivity contribution in [1.29, 1.82) is 0 Å². The summed E-state index contributed by atoms with van der Waals surface area (Å²) in [4.78, 5) is 12.2. The van der Waals surface area contributed by atoms with E-state index in [-0.39, 0.29) is 5.12 Å². The van der Waals surface area contributed by atoms with Gasteiger partial charge in [0.05, 0.1) is 6.10 Å². The first-order chi connectivity index (χ1) is 14.1. The van der Waals surface area contributed by atoms with Gasteiger partial charge in [0.1, 0.15) is 6.10 Å². The number of thioether (sulfide) groups is 1. The van der Waals surface area contributed by atoms with E-state index in [1.54, 1.807) is 0 Å². The molecule has 0 heterocycles. The van der Waals surface area contributed by atoms with Crippen LogP contribution in [0.3, 0.4) is 0 Å². The van der Waals surface area contributed by atoms with E-state index >= 15 is 0 Å². The van der Waals surface area contributed by atoms with Gasteiger partial charge in [-0.25, -0.2) is 0 Å². The number of rotatable bonds is 21. The summed E-state index contributed by atoms with van der Waals surface area (Å²) in [5, 5.41) is 10.1. The predicted molar refractivity (Wildman–Crippen MR) is 129 cm³/mol. The van der Waals surface area contributed by atoms with Gasteiger partial charge in [0.25, 0.3) is 0 Å². The first kappa shape index (κ1) is 28.9. The monoisotopic (exact) mass is 430 g/mol. The van der Waals surface area contributed by atoms with Crippen molar-refractivity contribution in [2.45, 2.75) is 136 Å². The molecule has 29 heavy (non-hydrogen) atoms. The molecule has 0 aromatic heterocycles. The zero-order valence-electron chi connectivity index (χ0n) is 19.9. The molecule has 0 aliphatic carbocycles. The molecular formula is C25H50O3S. The third kappa shape index (κ3) is 17.3. The number of aliphatic hydroxyl groups is 1. The maximum absolute atomic E-state index is 12.2. The van der Waals surface area contributed by atoms with Crippen molar-refractivity contribution < 1.29 is 14.6 Å². The second-order valence-corrected chi connectivity index (χ2v) is 9.63. The van der Waals surface area contributed by atoms with Crippen LogP contribution in [0.2, 0.25) is 0 Å². The van der Waals surface area contributed by atoms with E-state index in [1.165, 1.54) is 95.2 Å². The highest BCUT2D eigenvalue weighted by atomic mass is 32.2. The molecule has 0 saturated carbocycles. The fraction of sp³-hybridized carbons (Fsp3) is 0.960. The quantitative estimate of drug-likeness (QED) is 0.191. The van der Waals surface area contributed by atoms with Gasteiger partial charge in [-0.05, 0) is 25.7 Å². The topological polar surface area (TPSA) is 46.5 Å². The highest BCUT2D eigenvalue weighted by Crippen LogP contribution is 2.21. The molecule has 3 nitrogen and oxygen atoms in total. The van der Waals surface area contributed by atoms with E-state index in [1.807, 2.05) is 6.92 Å². The Morgan fingerprint density at radius 3 is 1.86 bits per heavy atom. The Hall–Kier alpha value is -0.0600. The lowest BCUT2D eigenvalue weighted by atomic mass is 10.0. The van der Waals surface area contributed by atoms with Gasteiger partial charge in [-0.3, -0.25) is 4.79 Å². The lowest BCUT2D eigenvalue weighted by Crippen LogP contribution is -2.33. The van der Waals surface area contributed by atoms with Crippen molar-refractivity contribution in [3.8, 4) is 0 Å². The van der Waals surface area contributed by atoms with E-state index in [0.29, 0.717) is 12.5 Å². The number of hydrogen-bond donors (Lipinski definition) is 1. The van der Waals surface area contributed by atoms with Crippen molar-refractivity contribution in [3.63, 3.8) is 0 Å². The number of carbonyl (C=O) groups excluding carboxylic acids is 1. The van der Waals surface area contributed by atoms with Crippen LogP contribution in [-0.4, -0.2) is 34.8 Å². The minimum Gasteiger partial charge on any atom is -0.382 e. The van der Waals surface area contributed by atoms with Crippen LogP contribution in [0.15, 0.2) is 0 Å². The Balaban J connectivity index is 3.65. The largest absolute Gasteiger partial charge is 0.382 e. The average molecular weight is 431 g/mol. The van der Waals surface area contributed by atoms with Gasteiger partial charge in [-0.15, -0.1) is 0 Å². The predicted octanol–water partition coefficient (Wildman–Crippen LogP) is 7.54. The molecule has 0 aliphatic heterocycles. The molecule has 0 spiro atoms. The third-order valence-electron chi connectivity index (χ3n) is 5.82. The maximum Gasteiger partial charge on any atom is 0.220 e. The summed E-state index contributed by atoms with van der Waals surface area (Å²) in [5.41, 5.74) is 0. The van der Waals surface area contributed by atoms with Gasteiger partial charge in [-0.1, -0.05) is 116 Å². The number of carbonyl (C=O) groups is 1. The molecule has 0 fully saturated rings. The number of aliphatic hydroxyl groups excluding tert-OH is 1. The summed E-state index contributed by atoms with van der Waals surface area (Å²) < 4.78 is 5.72. The minimum absolute atomic E-state index is 0.133. The van der Waals surface area contributed by atoms with Crippen LogP contribution in [0, 0.1) is 5.92 Å². The maximum atomic E-state index is 12.2. The van der Waals surface area contributed by atoms with Crippen LogP contribution in [0.4, 0.5) is 0 Å². The Labute approximate surface area is 186 Å². The highest BCUT2D eigenvalue weighted by molar-refractivity contribution is 8.13. The van der Waals surface area contributed by atoms with Gasteiger partial charge in [-0.2, -0.15) is 0 Å². The van der Waals surface area contributed by atoms with Crippen LogP contribution in [0.1, 0.15) is 124 Å². The van der Waals surface area contributed by atoms with Gasteiger partial charge in [0.2, 0.25) is 5.12 Å². The van der Waals surface area contributed by atoms with E-state index in [9.17, 15) is 9.90 Å². The van der Waals surface area contributed by atoms with Crippen molar-refractivity contribution >= 4 is 16.9 Å². The van der Waals surface area contributed by atoms with Crippen LogP contribution < -0.4 is 0 Å². The molecule has 0 aromatic rings. The summed E-state index contributed by atoms with van der Waals surface area (Å²) in [6.07, 6.45) is 17.7. The molecule has 1 N–H and O–H groups in total. The molecule has 0 rings (SSSR count). The molecule has 174 valence electrons.